The highest BCUT2D eigenvalue weighted by Gasteiger charge is 2.44. The second kappa shape index (κ2) is 8.03. The number of hydrogen-bond acceptors (Lipinski definition) is 5. The molecule has 4 aromatic rings. The number of halogens is 3. The zero-order valence-electron chi connectivity index (χ0n) is 19.8. The first-order valence-corrected chi connectivity index (χ1v) is 12.3. The fourth-order valence-corrected chi connectivity index (χ4v) is 6.10. The van der Waals surface area contributed by atoms with Gasteiger partial charge in [-0.05, 0) is 55.0 Å². The Morgan fingerprint density at radius 3 is 2.59 bits per heavy atom. The lowest BCUT2D eigenvalue weighted by Gasteiger charge is -2.31. The van der Waals surface area contributed by atoms with E-state index >= 15 is 0 Å². The average molecular weight is 506 g/mol. The smallest absolute Gasteiger partial charge is 0.387 e. The van der Waals surface area contributed by atoms with E-state index in [0.717, 1.165) is 46.9 Å². The van der Waals surface area contributed by atoms with E-state index in [0.29, 0.717) is 24.0 Å². The standard InChI is InChI=1S/C27H22F3N5O2/c1-12-6-14(7-12)25-31-10-15(11-32-25)13-4-5-35-20(8-13)22-17-9-19(23(22)34-35)33-26(36)16-2-3-18(28)24(21(16)17)37-27(29)30/h2-5,8,10-12,14,17,19,27H,6-7,9H2,1H3,(H,33,36). The van der Waals surface area contributed by atoms with Crippen LogP contribution in [0.25, 0.3) is 16.6 Å². The molecule has 4 heterocycles. The molecule has 0 saturated heterocycles. The van der Waals surface area contributed by atoms with E-state index in [1.165, 1.54) is 6.07 Å². The lowest BCUT2D eigenvalue weighted by atomic mass is 9.76. The molecule has 10 heteroatoms. The summed E-state index contributed by atoms with van der Waals surface area (Å²) in [5.41, 5.74) is 4.11. The van der Waals surface area contributed by atoms with Crippen molar-refractivity contribution in [3.8, 4) is 16.9 Å². The molecule has 0 spiro atoms. The van der Waals surface area contributed by atoms with Crippen LogP contribution in [0.1, 0.15) is 77.1 Å². The summed E-state index contributed by atoms with van der Waals surface area (Å²) < 4.78 is 47.5. The number of ether oxygens (including phenoxy) is 1. The van der Waals surface area contributed by atoms with E-state index < -0.39 is 36.0 Å². The number of nitrogens with one attached hydrogen (secondary N) is 1. The Kier molecular flexibility index (Phi) is 4.83. The molecule has 2 aliphatic carbocycles. The first-order valence-electron chi connectivity index (χ1n) is 12.3. The van der Waals surface area contributed by atoms with E-state index in [1.54, 1.807) is 10.7 Å². The van der Waals surface area contributed by atoms with Crippen molar-refractivity contribution in [2.45, 2.75) is 50.7 Å². The largest absolute Gasteiger partial charge is 0.431 e. The summed E-state index contributed by atoms with van der Waals surface area (Å²) in [4.78, 5) is 22.1. The highest BCUT2D eigenvalue weighted by molar-refractivity contribution is 5.98. The van der Waals surface area contributed by atoms with Gasteiger partial charge in [-0.25, -0.2) is 18.9 Å². The summed E-state index contributed by atoms with van der Waals surface area (Å²) in [5.74, 6) is -0.570. The molecule has 1 N–H and O–H groups in total. The Morgan fingerprint density at radius 1 is 1.08 bits per heavy atom. The molecule has 2 bridgehead atoms. The number of rotatable bonds is 4. The van der Waals surface area contributed by atoms with Gasteiger partial charge in [0.1, 0.15) is 5.82 Å². The number of alkyl halides is 2. The quantitative estimate of drug-likeness (QED) is 0.404. The zero-order valence-corrected chi connectivity index (χ0v) is 19.8. The van der Waals surface area contributed by atoms with Crippen LogP contribution in [-0.2, 0) is 0 Å². The Hall–Kier alpha value is -3.95. The van der Waals surface area contributed by atoms with Gasteiger partial charge in [-0.15, -0.1) is 0 Å². The Labute approximate surface area is 209 Å². The van der Waals surface area contributed by atoms with Crippen LogP contribution in [0.15, 0.2) is 42.9 Å². The minimum Gasteiger partial charge on any atom is -0.431 e. The molecule has 0 radical (unpaired) electrons. The molecule has 1 fully saturated rings. The maximum Gasteiger partial charge on any atom is 0.387 e. The van der Waals surface area contributed by atoms with E-state index in [9.17, 15) is 18.0 Å². The highest BCUT2D eigenvalue weighted by Crippen LogP contribution is 2.52. The van der Waals surface area contributed by atoms with E-state index in [1.807, 2.05) is 24.5 Å². The van der Waals surface area contributed by atoms with Crippen LogP contribution in [0.4, 0.5) is 13.2 Å². The Balaban J connectivity index is 1.34. The summed E-state index contributed by atoms with van der Waals surface area (Å²) in [6, 6.07) is 5.72. The second-order valence-electron chi connectivity index (χ2n) is 10.2. The third-order valence-electron chi connectivity index (χ3n) is 7.85. The van der Waals surface area contributed by atoms with Crippen molar-refractivity contribution < 1.29 is 22.7 Å². The van der Waals surface area contributed by atoms with Crippen molar-refractivity contribution in [1.29, 1.82) is 0 Å². The summed E-state index contributed by atoms with van der Waals surface area (Å²) in [7, 11) is 0. The average Bonchev–Trinajstić information content (AvgIpc) is 3.35. The van der Waals surface area contributed by atoms with Crippen molar-refractivity contribution in [3.05, 3.63) is 76.9 Å². The van der Waals surface area contributed by atoms with Gasteiger partial charge in [0.2, 0.25) is 0 Å². The monoisotopic (exact) mass is 505 g/mol. The number of hydrogen-bond donors (Lipinski definition) is 1. The van der Waals surface area contributed by atoms with Gasteiger partial charge in [0, 0.05) is 52.7 Å². The Morgan fingerprint density at radius 2 is 1.86 bits per heavy atom. The fourth-order valence-electron chi connectivity index (χ4n) is 6.10. The van der Waals surface area contributed by atoms with E-state index in [4.69, 9.17) is 0 Å². The molecular weight excluding hydrogens is 483 g/mol. The number of nitrogens with zero attached hydrogens (tertiary/aromatic N) is 4. The van der Waals surface area contributed by atoms with Gasteiger partial charge in [0.25, 0.3) is 5.91 Å². The molecule has 37 heavy (non-hydrogen) atoms. The molecule has 3 aromatic heterocycles. The fraction of sp³-hybridized carbons (Fsp3) is 0.333. The van der Waals surface area contributed by atoms with Gasteiger partial charge >= 0.3 is 6.61 Å². The van der Waals surface area contributed by atoms with E-state index in [-0.39, 0.29) is 11.1 Å². The maximum atomic E-state index is 14.7. The van der Waals surface area contributed by atoms with Gasteiger partial charge in [-0.3, -0.25) is 4.79 Å². The molecule has 2 unspecified atom stereocenters. The summed E-state index contributed by atoms with van der Waals surface area (Å²) in [6.45, 7) is -1.01. The number of benzene rings is 1. The topological polar surface area (TPSA) is 81.4 Å². The molecule has 7 nitrogen and oxygen atoms in total. The number of pyridine rings is 1. The van der Waals surface area contributed by atoms with Crippen LogP contribution in [0.3, 0.4) is 0 Å². The molecular formula is C27H22F3N5O2. The van der Waals surface area contributed by atoms with E-state index in [2.05, 4.69) is 32.0 Å². The maximum absolute atomic E-state index is 14.7. The molecule has 1 saturated carbocycles. The van der Waals surface area contributed by atoms with Crippen LogP contribution < -0.4 is 10.1 Å². The number of carbonyl (C=O) groups is 1. The van der Waals surface area contributed by atoms with Crippen molar-refractivity contribution in [1.82, 2.24) is 24.9 Å². The second-order valence-corrected chi connectivity index (χ2v) is 10.2. The van der Waals surface area contributed by atoms with Crippen molar-refractivity contribution in [2.75, 3.05) is 0 Å². The lowest BCUT2D eigenvalue weighted by molar-refractivity contribution is -0.0529. The van der Waals surface area contributed by atoms with Crippen LogP contribution >= 0.6 is 0 Å². The molecule has 7 rings (SSSR count). The van der Waals surface area contributed by atoms with Gasteiger partial charge in [0.15, 0.2) is 11.6 Å². The van der Waals surface area contributed by atoms with Crippen LogP contribution in [0.5, 0.6) is 5.75 Å². The zero-order chi connectivity index (χ0) is 25.4. The first kappa shape index (κ1) is 22.3. The lowest BCUT2D eigenvalue weighted by Crippen LogP contribution is -2.27. The molecule has 1 aliphatic heterocycles. The molecule has 1 aromatic carbocycles. The molecule has 2 atom stereocenters. The van der Waals surface area contributed by atoms with Crippen molar-refractivity contribution in [3.63, 3.8) is 0 Å². The van der Waals surface area contributed by atoms with Gasteiger partial charge < -0.3 is 10.1 Å². The third-order valence-corrected chi connectivity index (χ3v) is 7.85. The first-order chi connectivity index (χ1) is 17.9. The molecule has 188 valence electrons. The number of amides is 1. The van der Waals surface area contributed by atoms with Gasteiger partial charge in [0.05, 0.1) is 17.3 Å². The molecule has 3 aliphatic rings. The number of carbonyl (C=O) groups excluding carboxylic acids is 1. The minimum absolute atomic E-state index is 0.125. The highest BCUT2D eigenvalue weighted by atomic mass is 19.3. The Bertz CT molecular complexity index is 1560. The predicted octanol–water partition coefficient (Wildman–Crippen LogP) is 5.37. The predicted molar refractivity (Wildman–Crippen MR) is 127 cm³/mol. The SMILES string of the molecule is CC1CC(c2ncc(-c3ccn4nc5c(c4c3)C3CC5NC(=O)c4ccc(F)c(OC(F)F)c43)cn2)C1. The van der Waals surface area contributed by atoms with Crippen LogP contribution in [-0.4, -0.2) is 32.1 Å². The van der Waals surface area contributed by atoms with Gasteiger partial charge in [-0.2, -0.15) is 13.9 Å². The van der Waals surface area contributed by atoms with Crippen LogP contribution in [0.2, 0.25) is 0 Å². The van der Waals surface area contributed by atoms with Gasteiger partial charge in [-0.1, -0.05) is 6.92 Å². The number of aromatic nitrogens is 4. The minimum atomic E-state index is -3.23. The molecule has 1 amide bonds. The van der Waals surface area contributed by atoms with Crippen LogP contribution in [0, 0.1) is 11.7 Å². The summed E-state index contributed by atoms with van der Waals surface area (Å²) in [5, 5.41) is 7.60. The summed E-state index contributed by atoms with van der Waals surface area (Å²) in [6.07, 6.45) is 8.02. The summed E-state index contributed by atoms with van der Waals surface area (Å²) >= 11 is 0. The third kappa shape index (κ3) is 3.42. The van der Waals surface area contributed by atoms with Crippen molar-refractivity contribution in [2.24, 2.45) is 5.92 Å². The number of fused-ring (bicyclic) bond motifs is 9. The van der Waals surface area contributed by atoms with Crippen molar-refractivity contribution >= 4 is 11.4 Å². The normalized spacial score (nSPS) is 23.9.